The van der Waals surface area contributed by atoms with Gasteiger partial charge in [0.25, 0.3) is 10.2 Å². The molecule has 2 rings (SSSR count). The molecule has 1 saturated heterocycles. The van der Waals surface area contributed by atoms with Gasteiger partial charge in [-0.2, -0.15) is 17.0 Å². The molecule has 1 fully saturated rings. The van der Waals surface area contributed by atoms with Crippen molar-refractivity contribution in [3.63, 3.8) is 0 Å². The molecule has 0 amide bonds. The molecule has 0 N–H and O–H groups in total. The maximum absolute atomic E-state index is 12.0. The molecule has 2 aliphatic rings. The van der Waals surface area contributed by atoms with Crippen molar-refractivity contribution in [1.82, 2.24) is 13.5 Å². The van der Waals surface area contributed by atoms with Gasteiger partial charge in [-0.15, -0.1) is 0 Å². The molecule has 0 atom stereocenters. The number of hydrogen-bond donors (Lipinski definition) is 0. The van der Waals surface area contributed by atoms with E-state index in [0.29, 0.717) is 13.1 Å². The van der Waals surface area contributed by atoms with E-state index >= 15 is 0 Å². The molecule has 0 aromatic heterocycles. The van der Waals surface area contributed by atoms with Crippen LogP contribution in [0.5, 0.6) is 0 Å². The van der Waals surface area contributed by atoms with E-state index < -0.39 is 10.2 Å². The molecular weight excluding hydrogens is 274 g/mol. The first-order valence-corrected chi connectivity index (χ1v) is 8.98. The van der Waals surface area contributed by atoms with Gasteiger partial charge in [0.05, 0.1) is 0 Å². The van der Waals surface area contributed by atoms with Crippen molar-refractivity contribution in [3.05, 3.63) is 11.6 Å². The normalized spacial score (nSPS) is 23.1. The van der Waals surface area contributed by atoms with E-state index in [1.807, 2.05) is 0 Å². The van der Waals surface area contributed by atoms with Crippen LogP contribution >= 0.6 is 0 Å². The number of hydrogen-bond acceptors (Lipinski definition) is 3. The zero-order valence-electron chi connectivity index (χ0n) is 12.7. The van der Waals surface area contributed by atoms with Crippen LogP contribution in [-0.4, -0.2) is 68.7 Å². The molecule has 0 radical (unpaired) electrons. The monoisotopic (exact) mass is 301 g/mol. The molecule has 1 heterocycles. The Hall–Kier alpha value is -0.430. The Labute approximate surface area is 123 Å². The summed E-state index contributed by atoms with van der Waals surface area (Å²) < 4.78 is 26.9. The summed E-state index contributed by atoms with van der Waals surface area (Å²) in [6, 6.07) is 0. The first-order chi connectivity index (χ1) is 9.50. The summed E-state index contributed by atoms with van der Waals surface area (Å²) in [5, 5.41) is 0. The van der Waals surface area contributed by atoms with E-state index in [1.54, 1.807) is 24.0 Å². The Bertz CT molecular complexity index is 437. The van der Waals surface area contributed by atoms with E-state index in [9.17, 15) is 8.42 Å². The predicted molar refractivity (Wildman–Crippen MR) is 81.8 cm³/mol. The molecule has 0 aromatic carbocycles. The van der Waals surface area contributed by atoms with Gasteiger partial charge in [0, 0.05) is 46.8 Å². The lowest BCUT2D eigenvalue weighted by Gasteiger charge is -2.35. The minimum Gasteiger partial charge on any atom is -0.300 e. The average Bonchev–Trinajstić information content (AvgIpc) is 2.46. The van der Waals surface area contributed by atoms with Gasteiger partial charge in [0.2, 0.25) is 0 Å². The van der Waals surface area contributed by atoms with Gasteiger partial charge in [-0.05, 0) is 32.1 Å². The van der Waals surface area contributed by atoms with E-state index in [4.69, 9.17) is 0 Å². The quantitative estimate of drug-likeness (QED) is 0.719. The van der Waals surface area contributed by atoms with Gasteiger partial charge >= 0.3 is 0 Å². The summed E-state index contributed by atoms with van der Waals surface area (Å²) in [6.45, 7) is 3.99. The van der Waals surface area contributed by atoms with Crippen LogP contribution in [0.2, 0.25) is 0 Å². The van der Waals surface area contributed by atoms with Crippen molar-refractivity contribution in [2.24, 2.45) is 0 Å². The maximum atomic E-state index is 12.0. The predicted octanol–water partition coefficient (Wildman–Crippen LogP) is 1.30. The molecule has 0 saturated carbocycles. The third-order valence-electron chi connectivity index (χ3n) is 4.25. The SMILES string of the molecule is CN(C)S(=O)(=O)N1CCN(CCC2=CCCCC2)CC1. The van der Waals surface area contributed by atoms with E-state index in [2.05, 4.69) is 11.0 Å². The zero-order chi connectivity index (χ0) is 14.6. The first kappa shape index (κ1) is 15.9. The summed E-state index contributed by atoms with van der Waals surface area (Å²) in [4.78, 5) is 2.39. The van der Waals surface area contributed by atoms with Gasteiger partial charge < -0.3 is 4.90 Å². The van der Waals surface area contributed by atoms with Crippen molar-refractivity contribution in [1.29, 1.82) is 0 Å². The summed E-state index contributed by atoms with van der Waals surface area (Å²) in [5.74, 6) is 0. The molecule has 0 aromatic rings. The van der Waals surface area contributed by atoms with Crippen molar-refractivity contribution in [2.75, 3.05) is 46.8 Å². The highest BCUT2D eigenvalue weighted by Gasteiger charge is 2.28. The second kappa shape index (κ2) is 7.02. The van der Waals surface area contributed by atoms with Crippen LogP contribution in [0.15, 0.2) is 11.6 Å². The van der Waals surface area contributed by atoms with Gasteiger partial charge in [0.15, 0.2) is 0 Å². The van der Waals surface area contributed by atoms with E-state index in [-0.39, 0.29) is 0 Å². The Morgan fingerprint density at radius 2 is 1.85 bits per heavy atom. The summed E-state index contributed by atoms with van der Waals surface area (Å²) in [5.41, 5.74) is 1.60. The molecule has 6 heteroatoms. The Morgan fingerprint density at radius 3 is 2.40 bits per heavy atom. The van der Waals surface area contributed by atoms with Crippen LogP contribution < -0.4 is 0 Å². The number of piperazine rings is 1. The lowest BCUT2D eigenvalue weighted by molar-refractivity contribution is 0.185. The standard InChI is InChI=1S/C14H27N3O2S/c1-15(2)20(18,19)17-12-10-16(11-13-17)9-8-14-6-4-3-5-7-14/h6H,3-5,7-13H2,1-2H3. The highest BCUT2D eigenvalue weighted by Crippen LogP contribution is 2.20. The Kier molecular flexibility index (Phi) is 5.60. The fourth-order valence-corrected chi connectivity index (χ4v) is 3.93. The van der Waals surface area contributed by atoms with Crippen molar-refractivity contribution < 1.29 is 8.42 Å². The van der Waals surface area contributed by atoms with Gasteiger partial charge in [0.1, 0.15) is 0 Å². The van der Waals surface area contributed by atoms with Crippen LogP contribution in [-0.2, 0) is 10.2 Å². The topological polar surface area (TPSA) is 43.9 Å². The average molecular weight is 301 g/mol. The summed E-state index contributed by atoms with van der Waals surface area (Å²) >= 11 is 0. The fraction of sp³-hybridized carbons (Fsp3) is 0.857. The zero-order valence-corrected chi connectivity index (χ0v) is 13.5. The number of nitrogens with zero attached hydrogens (tertiary/aromatic N) is 3. The smallest absolute Gasteiger partial charge is 0.281 e. The largest absolute Gasteiger partial charge is 0.300 e. The molecule has 20 heavy (non-hydrogen) atoms. The Morgan fingerprint density at radius 1 is 1.15 bits per heavy atom. The van der Waals surface area contributed by atoms with Gasteiger partial charge in [-0.1, -0.05) is 11.6 Å². The second-order valence-corrected chi connectivity index (χ2v) is 8.03. The van der Waals surface area contributed by atoms with Crippen LogP contribution in [0, 0.1) is 0 Å². The van der Waals surface area contributed by atoms with Crippen LogP contribution in [0.3, 0.4) is 0 Å². The lowest BCUT2D eigenvalue weighted by atomic mass is 9.97. The summed E-state index contributed by atoms with van der Waals surface area (Å²) in [7, 11) is -0.0412. The van der Waals surface area contributed by atoms with Crippen LogP contribution in [0.25, 0.3) is 0 Å². The maximum Gasteiger partial charge on any atom is 0.281 e. The number of rotatable bonds is 5. The highest BCUT2D eigenvalue weighted by molar-refractivity contribution is 7.86. The Balaban J connectivity index is 1.76. The lowest BCUT2D eigenvalue weighted by Crippen LogP contribution is -2.51. The molecule has 5 nitrogen and oxygen atoms in total. The minimum absolute atomic E-state index is 0.611. The van der Waals surface area contributed by atoms with E-state index in [1.165, 1.54) is 30.0 Å². The van der Waals surface area contributed by atoms with E-state index in [0.717, 1.165) is 26.1 Å². The van der Waals surface area contributed by atoms with Gasteiger partial charge in [-0.25, -0.2) is 0 Å². The highest BCUT2D eigenvalue weighted by atomic mass is 32.2. The van der Waals surface area contributed by atoms with Crippen molar-refractivity contribution in [3.8, 4) is 0 Å². The van der Waals surface area contributed by atoms with Crippen LogP contribution in [0.4, 0.5) is 0 Å². The third kappa shape index (κ3) is 4.04. The molecule has 116 valence electrons. The first-order valence-electron chi connectivity index (χ1n) is 7.58. The fourth-order valence-electron chi connectivity index (χ4n) is 2.85. The van der Waals surface area contributed by atoms with Crippen LogP contribution in [0.1, 0.15) is 32.1 Å². The number of allylic oxidation sites excluding steroid dienone is 1. The molecule has 1 aliphatic carbocycles. The molecular formula is C14H27N3O2S. The summed E-state index contributed by atoms with van der Waals surface area (Å²) in [6.07, 6.45) is 8.72. The van der Waals surface area contributed by atoms with Gasteiger partial charge in [-0.3, -0.25) is 0 Å². The molecule has 0 unspecified atom stereocenters. The molecule has 0 bridgehead atoms. The van der Waals surface area contributed by atoms with Crippen molar-refractivity contribution in [2.45, 2.75) is 32.1 Å². The minimum atomic E-state index is -3.23. The second-order valence-electron chi connectivity index (χ2n) is 5.89. The van der Waals surface area contributed by atoms with Crippen molar-refractivity contribution >= 4 is 10.2 Å². The molecule has 1 aliphatic heterocycles. The third-order valence-corrected chi connectivity index (χ3v) is 6.19. The molecule has 0 spiro atoms.